The van der Waals surface area contributed by atoms with E-state index in [1.807, 2.05) is 13.0 Å². The van der Waals surface area contributed by atoms with Gasteiger partial charge in [0.15, 0.2) is 0 Å². The molecule has 0 aliphatic carbocycles. The third kappa shape index (κ3) is 3.31. The van der Waals surface area contributed by atoms with Crippen LogP contribution in [0.1, 0.15) is 6.92 Å². The molecule has 0 aliphatic heterocycles. The van der Waals surface area contributed by atoms with Gasteiger partial charge in [-0.3, -0.25) is 9.40 Å². The third-order valence-corrected chi connectivity index (χ3v) is 6.37. The standard InChI is InChI=1S/C15H13ClFN3O2S2/c1-2-20-14(5-6-18-20)10-7-15(23-9-10)24(21,22)19-13-4-3-11(16)8-12(13)17/h3-9,19H,2H2,1H3. The number of thiophene rings is 1. The lowest BCUT2D eigenvalue weighted by molar-refractivity contribution is 0.600. The summed E-state index contributed by atoms with van der Waals surface area (Å²) in [6.07, 6.45) is 1.66. The summed E-state index contributed by atoms with van der Waals surface area (Å²) in [4.78, 5) is 0. The number of aromatic nitrogens is 2. The van der Waals surface area contributed by atoms with Crippen LogP contribution in [0.15, 0.2) is 46.1 Å². The molecular weight excluding hydrogens is 373 g/mol. The maximum atomic E-state index is 13.8. The largest absolute Gasteiger partial charge is 0.276 e. The van der Waals surface area contributed by atoms with E-state index in [9.17, 15) is 12.8 Å². The van der Waals surface area contributed by atoms with Crippen LogP contribution in [0.3, 0.4) is 0 Å². The van der Waals surface area contributed by atoms with Gasteiger partial charge in [0, 0.05) is 28.7 Å². The molecule has 0 radical (unpaired) electrons. The van der Waals surface area contributed by atoms with Crippen molar-refractivity contribution in [2.24, 2.45) is 0 Å². The number of benzene rings is 1. The fourth-order valence-electron chi connectivity index (χ4n) is 2.19. The van der Waals surface area contributed by atoms with Crippen LogP contribution in [0, 0.1) is 5.82 Å². The van der Waals surface area contributed by atoms with E-state index >= 15 is 0 Å². The zero-order valence-corrected chi connectivity index (χ0v) is 14.9. The average Bonchev–Trinajstić information content (AvgIpc) is 3.18. The number of rotatable bonds is 5. The maximum absolute atomic E-state index is 13.8. The van der Waals surface area contributed by atoms with E-state index in [1.54, 1.807) is 22.3 Å². The highest BCUT2D eigenvalue weighted by atomic mass is 35.5. The van der Waals surface area contributed by atoms with Crippen molar-refractivity contribution in [3.63, 3.8) is 0 Å². The molecule has 1 N–H and O–H groups in total. The minimum absolute atomic E-state index is 0.0932. The van der Waals surface area contributed by atoms with E-state index in [-0.39, 0.29) is 14.9 Å². The molecule has 5 nitrogen and oxygen atoms in total. The molecule has 0 amide bonds. The van der Waals surface area contributed by atoms with Gasteiger partial charge in [-0.1, -0.05) is 11.6 Å². The first kappa shape index (κ1) is 16.9. The van der Waals surface area contributed by atoms with Crippen molar-refractivity contribution in [1.29, 1.82) is 0 Å². The Morgan fingerprint density at radius 2 is 2.12 bits per heavy atom. The zero-order chi connectivity index (χ0) is 17.3. The van der Waals surface area contributed by atoms with Gasteiger partial charge in [0.1, 0.15) is 10.0 Å². The number of hydrogen-bond donors (Lipinski definition) is 1. The van der Waals surface area contributed by atoms with Gasteiger partial charge in [0.05, 0.1) is 11.4 Å². The molecule has 0 fully saturated rings. The second-order valence-corrected chi connectivity index (χ2v) is 8.17. The van der Waals surface area contributed by atoms with Gasteiger partial charge in [-0.05, 0) is 37.3 Å². The number of aryl methyl sites for hydroxylation is 1. The molecule has 0 unspecified atom stereocenters. The summed E-state index contributed by atoms with van der Waals surface area (Å²) in [6.45, 7) is 2.62. The fraction of sp³-hybridized carbons (Fsp3) is 0.133. The van der Waals surface area contributed by atoms with Crippen LogP contribution >= 0.6 is 22.9 Å². The first-order chi connectivity index (χ1) is 11.4. The third-order valence-electron chi connectivity index (χ3n) is 3.33. The van der Waals surface area contributed by atoms with Crippen molar-refractivity contribution >= 4 is 38.6 Å². The van der Waals surface area contributed by atoms with Crippen LogP contribution in [0.2, 0.25) is 5.02 Å². The molecule has 1 aromatic carbocycles. The van der Waals surface area contributed by atoms with Gasteiger partial charge in [0.25, 0.3) is 10.0 Å². The van der Waals surface area contributed by atoms with Gasteiger partial charge in [-0.2, -0.15) is 5.10 Å². The molecule has 24 heavy (non-hydrogen) atoms. The quantitative estimate of drug-likeness (QED) is 0.715. The maximum Gasteiger partial charge on any atom is 0.271 e. The highest BCUT2D eigenvalue weighted by Crippen LogP contribution is 2.30. The zero-order valence-electron chi connectivity index (χ0n) is 12.5. The lowest BCUT2D eigenvalue weighted by Gasteiger charge is -2.07. The Bertz CT molecular complexity index is 982. The van der Waals surface area contributed by atoms with Crippen molar-refractivity contribution in [3.8, 4) is 11.3 Å². The van der Waals surface area contributed by atoms with Crippen molar-refractivity contribution in [1.82, 2.24) is 9.78 Å². The summed E-state index contributed by atoms with van der Waals surface area (Å²) in [5.74, 6) is -0.730. The molecular formula is C15H13ClFN3O2S2. The first-order valence-corrected chi connectivity index (χ1v) is 9.73. The molecule has 126 valence electrons. The lowest BCUT2D eigenvalue weighted by atomic mass is 10.2. The van der Waals surface area contributed by atoms with Crippen molar-refractivity contribution in [2.75, 3.05) is 4.72 Å². The summed E-state index contributed by atoms with van der Waals surface area (Å²) in [7, 11) is -3.88. The predicted molar refractivity (Wildman–Crippen MR) is 93.4 cm³/mol. The molecule has 3 aromatic rings. The topological polar surface area (TPSA) is 64.0 Å². The van der Waals surface area contributed by atoms with Crippen molar-refractivity contribution < 1.29 is 12.8 Å². The van der Waals surface area contributed by atoms with Gasteiger partial charge in [-0.25, -0.2) is 12.8 Å². The SMILES string of the molecule is CCn1nccc1-c1csc(S(=O)(=O)Nc2ccc(Cl)cc2F)c1. The average molecular weight is 386 g/mol. The van der Waals surface area contributed by atoms with E-state index in [2.05, 4.69) is 9.82 Å². The van der Waals surface area contributed by atoms with E-state index < -0.39 is 15.8 Å². The minimum Gasteiger partial charge on any atom is -0.276 e. The number of anilines is 1. The summed E-state index contributed by atoms with van der Waals surface area (Å²) >= 11 is 6.73. The van der Waals surface area contributed by atoms with Gasteiger partial charge < -0.3 is 0 Å². The van der Waals surface area contributed by atoms with Crippen LogP contribution < -0.4 is 4.72 Å². The molecule has 0 saturated heterocycles. The highest BCUT2D eigenvalue weighted by Gasteiger charge is 2.20. The normalized spacial score (nSPS) is 11.6. The molecule has 2 heterocycles. The predicted octanol–water partition coefficient (Wildman–Crippen LogP) is 4.22. The van der Waals surface area contributed by atoms with Crippen LogP contribution in [0.4, 0.5) is 10.1 Å². The van der Waals surface area contributed by atoms with Gasteiger partial charge in [0.2, 0.25) is 0 Å². The smallest absolute Gasteiger partial charge is 0.271 e. The molecule has 3 rings (SSSR count). The number of sulfonamides is 1. The molecule has 0 saturated carbocycles. The molecule has 0 spiro atoms. The van der Waals surface area contributed by atoms with Crippen LogP contribution in [0.5, 0.6) is 0 Å². The van der Waals surface area contributed by atoms with Crippen molar-refractivity contribution in [2.45, 2.75) is 17.7 Å². The first-order valence-electron chi connectivity index (χ1n) is 6.99. The molecule has 2 aromatic heterocycles. The Morgan fingerprint density at radius 3 is 2.83 bits per heavy atom. The number of halogens is 2. The van der Waals surface area contributed by atoms with E-state index in [0.717, 1.165) is 28.7 Å². The Hall–Kier alpha value is -1.90. The van der Waals surface area contributed by atoms with Crippen molar-refractivity contribution in [3.05, 3.63) is 52.7 Å². The Labute approximate surface area is 147 Å². The number of hydrogen-bond acceptors (Lipinski definition) is 4. The van der Waals surface area contributed by atoms with Crippen LogP contribution in [-0.2, 0) is 16.6 Å². The van der Waals surface area contributed by atoms with Crippen LogP contribution in [0.25, 0.3) is 11.3 Å². The Kier molecular flexibility index (Phi) is 4.62. The second kappa shape index (κ2) is 6.54. The molecule has 0 atom stereocenters. The van der Waals surface area contributed by atoms with E-state index in [0.29, 0.717) is 6.54 Å². The monoisotopic (exact) mass is 385 g/mol. The summed E-state index contributed by atoms with van der Waals surface area (Å²) in [5, 5.41) is 6.09. The summed E-state index contributed by atoms with van der Waals surface area (Å²) in [5.41, 5.74) is 1.43. The number of nitrogens with zero attached hydrogens (tertiary/aromatic N) is 2. The summed E-state index contributed by atoms with van der Waals surface area (Å²) < 4.78 is 42.8. The number of nitrogens with one attached hydrogen (secondary N) is 1. The fourth-order valence-corrected chi connectivity index (χ4v) is 4.59. The van der Waals surface area contributed by atoms with E-state index in [4.69, 9.17) is 11.6 Å². The van der Waals surface area contributed by atoms with Gasteiger partial charge >= 0.3 is 0 Å². The second-order valence-electron chi connectivity index (χ2n) is 4.92. The molecule has 9 heteroatoms. The van der Waals surface area contributed by atoms with E-state index in [1.165, 1.54) is 12.1 Å². The Balaban J connectivity index is 1.91. The molecule has 0 aliphatic rings. The Morgan fingerprint density at radius 1 is 1.33 bits per heavy atom. The minimum atomic E-state index is -3.88. The van der Waals surface area contributed by atoms with Gasteiger partial charge in [-0.15, -0.1) is 11.3 Å². The van der Waals surface area contributed by atoms with Crippen LogP contribution in [-0.4, -0.2) is 18.2 Å². The lowest BCUT2D eigenvalue weighted by Crippen LogP contribution is -2.12. The summed E-state index contributed by atoms with van der Waals surface area (Å²) in [6, 6.07) is 7.12. The molecule has 0 bridgehead atoms. The highest BCUT2D eigenvalue weighted by molar-refractivity contribution is 7.94.